The number of benzene rings is 1. The molecule has 12 heteroatoms. The quantitative estimate of drug-likeness (QED) is 0.197. The molecule has 1 aliphatic rings. The second-order valence-corrected chi connectivity index (χ2v) is 7.98. The predicted octanol–water partition coefficient (Wildman–Crippen LogP) is -2.32. The van der Waals surface area contributed by atoms with E-state index in [1.807, 2.05) is 0 Å². The lowest BCUT2D eigenvalue weighted by atomic mass is 10.1. The van der Waals surface area contributed by atoms with Crippen molar-refractivity contribution in [3.05, 3.63) is 29.8 Å². The monoisotopic (exact) mass is 466 g/mol. The van der Waals surface area contributed by atoms with Crippen molar-refractivity contribution in [1.82, 2.24) is 15.5 Å². The number of hydrogen-bond acceptors (Lipinski definition) is 8. The van der Waals surface area contributed by atoms with Gasteiger partial charge >= 0.3 is 5.97 Å². The number of phenolic OH excluding ortho intramolecular Hbond substituents is 1. The standard InChI is InChI=1S/C21H30N4O8/c1-11(27)17(20(31)25-8-2-3-16(25)21(32)33)24-19(30)15(10-26)23-18(29)14(22)9-12-4-6-13(28)7-5-12/h4-7,11,14-17,26-28H,2-3,8-10,22H2,1H3,(H,23,29)(H,24,30)(H,32,33). The Kier molecular flexibility index (Phi) is 9.14. The fourth-order valence-electron chi connectivity index (χ4n) is 3.56. The van der Waals surface area contributed by atoms with Crippen LogP contribution < -0.4 is 16.4 Å². The van der Waals surface area contributed by atoms with Crippen LogP contribution in [0.4, 0.5) is 0 Å². The molecule has 33 heavy (non-hydrogen) atoms. The van der Waals surface area contributed by atoms with E-state index >= 15 is 0 Å². The van der Waals surface area contributed by atoms with Crippen molar-refractivity contribution >= 4 is 23.7 Å². The van der Waals surface area contributed by atoms with E-state index in [9.17, 15) is 39.6 Å². The average Bonchev–Trinajstić information content (AvgIpc) is 3.26. The lowest BCUT2D eigenvalue weighted by Crippen LogP contribution is -2.60. The molecule has 1 fully saturated rings. The largest absolute Gasteiger partial charge is 0.508 e. The summed E-state index contributed by atoms with van der Waals surface area (Å²) in [5.74, 6) is -3.56. The second kappa shape index (κ2) is 11.6. The number of amides is 3. The minimum Gasteiger partial charge on any atom is -0.508 e. The molecular weight excluding hydrogens is 436 g/mol. The Morgan fingerprint density at radius 3 is 2.33 bits per heavy atom. The average molecular weight is 466 g/mol. The van der Waals surface area contributed by atoms with Crippen LogP contribution in [0.5, 0.6) is 5.75 Å². The summed E-state index contributed by atoms with van der Waals surface area (Å²) in [6, 6.07) is 1.01. The number of nitrogens with one attached hydrogen (secondary N) is 2. The fourth-order valence-corrected chi connectivity index (χ4v) is 3.56. The third-order valence-electron chi connectivity index (χ3n) is 5.41. The highest BCUT2D eigenvalue weighted by molar-refractivity contribution is 5.94. The van der Waals surface area contributed by atoms with Gasteiger partial charge in [-0.2, -0.15) is 0 Å². The first-order chi connectivity index (χ1) is 15.5. The Hall–Kier alpha value is -3.22. The number of aliphatic carboxylic acids is 1. The number of hydrogen-bond donors (Lipinski definition) is 7. The topological polar surface area (TPSA) is 203 Å². The van der Waals surface area contributed by atoms with E-state index in [0.29, 0.717) is 12.0 Å². The van der Waals surface area contributed by atoms with Gasteiger partial charge in [0.2, 0.25) is 17.7 Å². The number of carboxylic acid groups (broad SMARTS) is 1. The number of carbonyl (C=O) groups excluding carboxylic acids is 3. The van der Waals surface area contributed by atoms with E-state index < -0.39 is 60.6 Å². The van der Waals surface area contributed by atoms with Crippen LogP contribution in [0.3, 0.4) is 0 Å². The normalized spacial score (nSPS) is 19.3. The van der Waals surface area contributed by atoms with Crippen molar-refractivity contribution in [1.29, 1.82) is 0 Å². The smallest absolute Gasteiger partial charge is 0.326 e. The summed E-state index contributed by atoms with van der Waals surface area (Å²) < 4.78 is 0. The van der Waals surface area contributed by atoms with Gasteiger partial charge in [-0.05, 0) is 43.9 Å². The first kappa shape index (κ1) is 26.0. The Labute approximate surface area is 190 Å². The fraction of sp³-hybridized carbons (Fsp3) is 0.524. The van der Waals surface area contributed by atoms with Crippen molar-refractivity contribution in [2.45, 2.75) is 56.5 Å². The zero-order valence-electron chi connectivity index (χ0n) is 18.2. The third kappa shape index (κ3) is 6.88. The molecule has 0 spiro atoms. The number of carbonyl (C=O) groups is 4. The van der Waals surface area contributed by atoms with Gasteiger partial charge in [0.05, 0.1) is 18.8 Å². The van der Waals surface area contributed by atoms with Crippen molar-refractivity contribution in [2.24, 2.45) is 5.73 Å². The van der Waals surface area contributed by atoms with E-state index in [2.05, 4.69) is 10.6 Å². The first-order valence-electron chi connectivity index (χ1n) is 10.5. The molecule has 0 aliphatic carbocycles. The molecule has 3 amide bonds. The van der Waals surface area contributed by atoms with Gasteiger partial charge in [0.15, 0.2) is 0 Å². The maximum atomic E-state index is 12.8. The number of aromatic hydroxyl groups is 1. The molecule has 12 nitrogen and oxygen atoms in total. The molecule has 1 saturated heterocycles. The molecule has 2 rings (SSSR count). The van der Waals surface area contributed by atoms with Crippen molar-refractivity contribution in [2.75, 3.05) is 13.2 Å². The summed E-state index contributed by atoms with van der Waals surface area (Å²) in [5.41, 5.74) is 6.54. The number of nitrogens with zero attached hydrogens (tertiary/aromatic N) is 1. The Morgan fingerprint density at radius 1 is 1.15 bits per heavy atom. The molecule has 1 aromatic carbocycles. The van der Waals surface area contributed by atoms with Gasteiger partial charge in [0.25, 0.3) is 0 Å². The number of likely N-dealkylation sites (tertiary alicyclic amines) is 1. The van der Waals surface area contributed by atoms with Gasteiger partial charge in [0, 0.05) is 6.54 Å². The van der Waals surface area contributed by atoms with E-state index in [1.54, 1.807) is 12.1 Å². The lowest BCUT2D eigenvalue weighted by molar-refractivity contribution is -0.150. The molecular formula is C21H30N4O8. The number of phenols is 1. The summed E-state index contributed by atoms with van der Waals surface area (Å²) >= 11 is 0. The van der Waals surface area contributed by atoms with Crippen LogP contribution in [0, 0.1) is 0 Å². The van der Waals surface area contributed by atoms with Crippen LogP contribution in [0.25, 0.3) is 0 Å². The van der Waals surface area contributed by atoms with Crippen molar-refractivity contribution in [3.63, 3.8) is 0 Å². The Morgan fingerprint density at radius 2 is 1.79 bits per heavy atom. The summed E-state index contributed by atoms with van der Waals surface area (Å²) in [6.07, 6.45) is -0.525. The molecule has 5 unspecified atom stereocenters. The number of carboxylic acids is 1. The first-order valence-corrected chi connectivity index (χ1v) is 10.5. The number of rotatable bonds is 10. The SMILES string of the molecule is CC(O)C(NC(=O)C(CO)NC(=O)C(N)Cc1ccc(O)cc1)C(=O)N1CCCC1C(=O)O. The van der Waals surface area contributed by atoms with E-state index in [4.69, 9.17) is 5.73 Å². The molecule has 8 N–H and O–H groups in total. The Balaban J connectivity index is 2.01. The van der Waals surface area contributed by atoms with Gasteiger partial charge < -0.3 is 41.7 Å². The molecule has 5 atom stereocenters. The maximum absolute atomic E-state index is 12.8. The van der Waals surface area contributed by atoms with E-state index in [1.165, 1.54) is 19.1 Å². The van der Waals surface area contributed by atoms with Crippen molar-refractivity contribution in [3.8, 4) is 5.75 Å². The molecule has 0 aromatic heterocycles. The van der Waals surface area contributed by atoms with Crippen LogP contribution in [-0.4, -0.2) is 92.4 Å². The van der Waals surface area contributed by atoms with Crippen LogP contribution in [0.15, 0.2) is 24.3 Å². The number of aliphatic hydroxyl groups excluding tert-OH is 2. The molecule has 1 aliphatic heterocycles. The minimum absolute atomic E-state index is 0.0552. The molecule has 0 saturated carbocycles. The van der Waals surface area contributed by atoms with Crippen LogP contribution in [-0.2, 0) is 25.6 Å². The van der Waals surface area contributed by atoms with Crippen LogP contribution in [0.2, 0.25) is 0 Å². The molecule has 0 bridgehead atoms. The summed E-state index contributed by atoms with van der Waals surface area (Å²) in [4.78, 5) is 50.3. The summed E-state index contributed by atoms with van der Waals surface area (Å²) in [6.45, 7) is 0.627. The number of aliphatic hydroxyl groups is 2. The van der Waals surface area contributed by atoms with Crippen LogP contribution >= 0.6 is 0 Å². The van der Waals surface area contributed by atoms with Gasteiger partial charge in [0.1, 0.15) is 23.9 Å². The van der Waals surface area contributed by atoms with E-state index in [-0.39, 0.29) is 25.1 Å². The predicted molar refractivity (Wildman–Crippen MR) is 115 cm³/mol. The summed E-state index contributed by atoms with van der Waals surface area (Å²) in [7, 11) is 0. The van der Waals surface area contributed by atoms with Gasteiger partial charge in [-0.3, -0.25) is 14.4 Å². The van der Waals surface area contributed by atoms with Gasteiger partial charge in [-0.25, -0.2) is 4.79 Å². The third-order valence-corrected chi connectivity index (χ3v) is 5.41. The highest BCUT2D eigenvalue weighted by atomic mass is 16.4. The maximum Gasteiger partial charge on any atom is 0.326 e. The van der Waals surface area contributed by atoms with Crippen LogP contribution in [0.1, 0.15) is 25.3 Å². The highest BCUT2D eigenvalue weighted by Gasteiger charge is 2.40. The number of nitrogens with two attached hydrogens (primary N) is 1. The molecule has 1 aromatic rings. The van der Waals surface area contributed by atoms with Crippen molar-refractivity contribution < 1.29 is 39.6 Å². The van der Waals surface area contributed by atoms with Gasteiger partial charge in [-0.1, -0.05) is 12.1 Å². The summed E-state index contributed by atoms with van der Waals surface area (Å²) in [5, 5.41) is 42.8. The zero-order valence-corrected chi connectivity index (χ0v) is 18.2. The zero-order chi connectivity index (χ0) is 24.7. The molecule has 182 valence electrons. The highest BCUT2D eigenvalue weighted by Crippen LogP contribution is 2.19. The molecule has 0 radical (unpaired) electrons. The van der Waals surface area contributed by atoms with Gasteiger partial charge in [-0.15, -0.1) is 0 Å². The second-order valence-electron chi connectivity index (χ2n) is 7.98. The molecule has 1 heterocycles. The lowest BCUT2D eigenvalue weighted by Gasteiger charge is -2.30. The van der Waals surface area contributed by atoms with E-state index in [0.717, 1.165) is 4.90 Å². The Bertz CT molecular complexity index is 860. The minimum atomic E-state index is -1.46.